The van der Waals surface area contributed by atoms with Crippen molar-refractivity contribution in [3.63, 3.8) is 0 Å². The van der Waals surface area contributed by atoms with E-state index < -0.39 is 10.0 Å². The van der Waals surface area contributed by atoms with E-state index in [0.717, 1.165) is 27.6 Å². The molecule has 0 fully saturated rings. The van der Waals surface area contributed by atoms with Gasteiger partial charge in [-0.05, 0) is 67.6 Å². The Morgan fingerprint density at radius 2 is 1.84 bits per heavy atom. The molecule has 0 radical (unpaired) electrons. The monoisotopic (exact) mass is 442 g/mol. The van der Waals surface area contributed by atoms with Gasteiger partial charge in [0.1, 0.15) is 0 Å². The summed E-state index contributed by atoms with van der Waals surface area (Å²) in [7, 11) is -0.587. The normalized spacial score (nSPS) is 14.1. The highest BCUT2D eigenvalue weighted by molar-refractivity contribution is 7.89. The number of rotatable bonds is 7. The van der Waals surface area contributed by atoms with Crippen molar-refractivity contribution in [1.82, 2.24) is 9.29 Å². The van der Waals surface area contributed by atoms with Crippen LogP contribution in [0.1, 0.15) is 23.6 Å². The molecule has 3 aromatic rings. The van der Waals surface area contributed by atoms with E-state index in [2.05, 4.69) is 4.72 Å². The molecule has 4 rings (SSSR count). The van der Waals surface area contributed by atoms with Crippen LogP contribution >= 0.6 is 0 Å². The molecule has 1 aliphatic heterocycles. The number of ether oxygens (including phenoxy) is 2. The molecule has 2 aromatic carbocycles. The van der Waals surface area contributed by atoms with Gasteiger partial charge in [0.15, 0.2) is 11.5 Å². The molecule has 1 N–H and O–H groups in total. The second kappa shape index (κ2) is 8.01. The molecule has 7 nitrogen and oxygen atoms in total. The lowest BCUT2D eigenvalue weighted by atomic mass is 10.1. The van der Waals surface area contributed by atoms with Crippen molar-refractivity contribution in [1.29, 1.82) is 0 Å². The predicted molar refractivity (Wildman–Crippen MR) is 120 cm³/mol. The molecule has 0 amide bonds. The summed E-state index contributed by atoms with van der Waals surface area (Å²) in [5.74, 6) is 1.23. The SMILES string of the molecule is COc1ccc(C[C@@H](C)NS(=O)(=O)c2cc3c4c(c2)c(C)cc(=O)n4CC3)cc1OC. The van der Waals surface area contributed by atoms with Crippen LogP contribution in [0.2, 0.25) is 0 Å². The zero-order valence-electron chi connectivity index (χ0n) is 18.1. The maximum atomic E-state index is 13.1. The fourth-order valence-corrected chi connectivity index (χ4v) is 5.59. The standard InChI is InChI=1S/C23H26N2O5S/c1-14-9-22(26)25-8-7-17-12-18(13-19(14)23(17)25)31(27,28)24-15(2)10-16-5-6-20(29-3)21(11-16)30-4/h5-6,9,11-13,15,24H,7-8,10H2,1-4H3/t15-/m1/s1. The lowest BCUT2D eigenvalue weighted by Gasteiger charge is -2.17. The maximum absolute atomic E-state index is 13.1. The van der Waals surface area contributed by atoms with E-state index in [1.54, 1.807) is 37.0 Å². The number of aryl methyl sites for hydroxylation is 3. The Balaban J connectivity index is 1.61. The smallest absolute Gasteiger partial charge is 0.251 e. The molecule has 1 aliphatic rings. The molecule has 0 spiro atoms. The van der Waals surface area contributed by atoms with Crippen molar-refractivity contribution >= 4 is 20.9 Å². The topological polar surface area (TPSA) is 86.6 Å². The third kappa shape index (κ3) is 3.93. The van der Waals surface area contributed by atoms with Gasteiger partial charge in [0.05, 0.1) is 24.6 Å². The summed E-state index contributed by atoms with van der Waals surface area (Å²) in [6.07, 6.45) is 1.15. The van der Waals surface area contributed by atoms with Gasteiger partial charge in [-0.1, -0.05) is 6.07 Å². The van der Waals surface area contributed by atoms with Crippen LogP contribution in [0.3, 0.4) is 0 Å². The summed E-state index contributed by atoms with van der Waals surface area (Å²) < 4.78 is 41.4. The maximum Gasteiger partial charge on any atom is 0.251 e. The lowest BCUT2D eigenvalue weighted by Crippen LogP contribution is -2.34. The van der Waals surface area contributed by atoms with E-state index in [1.165, 1.54) is 0 Å². The first-order valence-corrected chi connectivity index (χ1v) is 11.6. The number of hydrogen-bond donors (Lipinski definition) is 1. The number of hydrogen-bond acceptors (Lipinski definition) is 5. The van der Waals surface area contributed by atoms with Crippen molar-refractivity contribution < 1.29 is 17.9 Å². The summed E-state index contributed by atoms with van der Waals surface area (Å²) in [6, 6.07) is 10.2. The highest BCUT2D eigenvalue weighted by atomic mass is 32.2. The van der Waals surface area contributed by atoms with Crippen LogP contribution in [0.15, 0.2) is 46.1 Å². The Labute approximate surface area is 181 Å². The third-order valence-electron chi connectivity index (χ3n) is 5.72. The number of benzene rings is 2. The summed E-state index contributed by atoms with van der Waals surface area (Å²) >= 11 is 0. The predicted octanol–water partition coefficient (Wildman–Crippen LogP) is 2.79. The van der Waals surface area contributed by atoms with Crippen LogP contribution in [-0.4, -0.2) is 33.2 Å². The van der Waals surface area contributed by atoms with Gasteiger partial charge in [-0.25, -0.2) is 13.1 Å². The zero-order valence-corrected chi connectivity index (χ0v) is 18.9. The molecular formula is C23H26N2O5S. The van der Waals surface area contributed by atoms with Crippen LogP contribution in [0, 0.1) is 6.92 Å². The first-order chi connectivity index (χ1) is 14.7. The number of nitrogens with one attached hydrogen (secondary N) is 1. The summed E-state index contributed by atoms with van der Waals surface area (Å²) in [5, 5.41) is 0.808. The van der Waals surface area contributed by atoms with Gasteiger partial charge >= 0.3 is 0 Å². The van der Waals surface area contributed by atoms with Crippen molar-refractivity contribution in [2.75, 3.05) is 14.2 Å². The van der Waals surface area contributed by atoms with E-state index in [1.807, 2.05) is 32.0 Å². The molecule has 1 atom stereocenters. The minimum atomic E-state index is -3.73. The van der Waals surface area contributed by atoms with E-state index in [0.29, 0.717) is 30.9 Å². The van der Waals surface area contributed by atoms with Crippen LogP contribution in [-0.2, 0) is 29.4 Å². The number of pyridine rings is 1. The van der Waals surface area contributed by atoms with Gasteiger partial charge in [0.25, 0.3) is 5.56 Å². The fourth-order valence-electron chi connectivity index (χ4n) is 4.27. The Bertz CT molecular complexity index is 1330. The average molecular weight is 443 g/mol. The fraction of sp³-hybridized carbons (Fsp3) is 0.348. The Kier molecular flexibility index (Phi) is 5.53. The highest BCUT2D eigenvalue weighted by Crippen LogP contribution is 2.30. The Morgan fingerprint density at radius 1 is 1.10 bits per heavy atom. The first-order valence-electron chi connectivity index (χ1n) is 10.1. The largest absolute Gasteiger partial charge is 0.493 e. The van der Waals surface area contributed by atoms with E-state index in [4.69, 9.17) is 9.47 Å². The average Bonchev–Trinajstić information content (AvgIpc) is 3.16. The number of aromatic nitrogens is 1. The van der Waals surface area contributed by atoms with Gasteiger partial charge in [-0.15, -0.1) is 0 Å². The first kappa shape index (κ1) is 21.4. The minimum Gasteiger partial charge on any atom is -0.493 e. The van der Waals surface area contributed by atoms with Gasteiger partial charge in [-0.3, -0.25) is 4.79 Å². The van der Waals surface area contributed by atoms with Crippen molar-refractivity contribution in [3.8, 4) is 11.5 Å². The summed E-state index contributed by atoms with van der Waals surface area (Å²) in [6.45, 7) is 4.25. The van der Waals surface area contributed by atoms with E-state index in [9.17, 15) is 13.2 Å². The van der Waals surface area contributed by atoms with Crippen LogP contribution in [0.25, 0.3) is 10.9 Å². The lowest BCUT2D eigenvalue weighted by molar-refractivity contribution is 0.354. The van der Waals surface area contributed by atoms with E-state index >= 15 is 0 Å². The molecule has 0 aliphatic carbocycles. The zero-order chi connectivity index (χ0) is 22.3. The Morgan fingerprint density at radius 3 is 2.55 bits per heavy atom. The molecule has 8 heteroatoms. The number of sulfonamides is 1. The van der Waals surface area contributed by atoms with Crippen molar-refractivity contribution in [2.45, 2.75) is 44.2 Å². The summed E-state index contributed by atoms with van der Waals surface area (Å²) in [5.41, 5.74) is 3.43. The minimum absolute atomic E-state index is 0.0407. The van der Waals surface area contributed by atoms with Crippen molar-refractivity contribution in [2.24, 2.45) is 0 Å². The van der Waals surface area contributed by atoms with Crippen molar-refractivity contribution in [3.05, 3.63) is 63.4 Å². The third-order valence-corrected chi connectivity index (χ3v) is 7.29. The molecule has 2 heterocycles. The molecule has 0 saturated heterocycles. The number of nitrogens with zero attached hydrogens (tertiary/aromatic N) is 1. The molecule has 0 saturated carbocycles. The Hall–Kier alpha value is -2.84. The van der Waals surface area contributed by atoms with Gasteiger partial charge in [0.2, 0.25) is 10.0 Å². The molecule has 0 bridgehead atoms. The molecule has 164 valence electrons. The summed E-state index contributed by atoms with van der Waals surface area (Å²) in [4.78, 5) is 12.4. The second-order valence-corrected chi connectivity index (χ2v) is 9.68. The number of methoxy groups -OCH3 is 2. The van der Waals surface area contributed by atoms with Crippen LogP contribution in [0.5, 0.6) is 11.5 Å². The van der Waals surface area contributed by atoms with Crippen LogP contribution in [0.4, 0.5) is 0 Å². The quantitative estimate of drug-likeness (QED) is 0.608. The van der Waals surface area contributed by atoms with Gasteiger partial charge in [-0.2, -0.15) is 0 Å². The molecule has 31 heavy (non-hydrogen) atoms. The van der Waals surface area contributed by atoms with E-state index in [-0.39, 0.29) is 16.5 Å². The van der Waals surface area contributed by atoms with Crippen LogP contribution < -0.4 is 19.8 Å². The van der Waals surface area contributed by atoms with Gasteiger partial charge < -0.3 is 14.0 Å². The highest BCUT2D eigenvalue weighted by Gasteiger charge is 2.24. The molecular weight excluding hydrogens is 416 g/mol. The van der Waals surface area contributed by atoms with Gasteiger partial charge in [0, 0.05) is 24.0 Å². The molecule has 1 aromatic heterocycles. The second-order valence-electron chi connectivity index (χ2n) is 7.96. The molecule has 0 unspecified atom stereocenters.